The van der Waals surface area contributed by atoms with Crippen LogP contribution in [0.3, 0.4) is 0 Å². The van der Waals surface area contributed by atoms with Crippen molar-refractivity contribution in [1.82, 2.24) is 9.46 Å². The van der Waals surface area contributed by atoms with E-state index >= 15 is 0 Å². The third-order valence-electron chi connectivity index (χ3n) is 2.00. The molecular formula is C9H16N2O4S. The highest BCUT2D eigenvalue weighted by Crippen LogP contribution is 2.10. The molecule has 0 aromatic carbocycles. The van der Waals surface area contributed by atoms with E-state index in [4.69, 9.17) is 9.63 Å². The zero-order chi connectivity index (χ0) is 12.3. The van der Waals surface area contributed by atoms with Gasteiger partial charge in [0.25, 0.3) is 0 Å². The lowest BCUT2D eigenvalue weighted by atomic mass is 10.4. The maximum atomic E-state index is 11.8. The van der Waals surface area contributed by atoms with Gasteiger partial charge in [-0.05, 0) is 13.8 Å². The second kappa shape index (κ2) is 4.94. The van der Waals surface area contributed by atoms with Crippen LogP contribution in [0, 0.1) is 6.92 Å². The van der Waals surface area contributed by atoms with Crippen LogP contribution in [0.15, 0.2) is 10.6 Å². The van der Waals surface area contributed by atoms with Gasteiger partial charge in [0.2, 0.25) is 10.0 Å². The molecule has 0 aliphatic heterocycles. The number of hydrogen-bond donors (Lipinski definition) is 1. The van der Waals surface area contributed by atoms with Gasteiger partial charge in [-0.1, -0.05) is 5.16 Å². The number of aliphatic hydroxyl groups excluding tert-OH is 1. The molecule has 92 valence electrons. The van der Waals surface area contributed by atoms with Crippen LogP contribution >= 0.6 is 0 Å². The van der Waals surface area contributed by atoms with Gasteiger partial charge in [-0.2, -0.15) is 0 Å². The maximum Gasteiger partial charge on any atom is 0.219 e. The van der Waals surface area contributed by atoms with E-state index in [1.165, 1.54) is 14.0 Å². The van der Waals surface area contributed by atoms with Crippen molar-refractivity contribution in [3.63, 3.8) is 0 Å². The SMILES string of the molecule is Cc1cc(CS(=O)(=O)N(C)CC(C)O)no1. The Bertz CT molecular complexity index is 438. The molecule has 1 heterocycles. The third kappa shape index (κ3) is 3.58. The lowest BCUT2D eigenvalue weighted by molar-refractivity contribution is 0.171. The molecule has 0 bridgehead atoms. The van der Waals surface area contributed by atoms with Crippen LogP contribution in [-0.2, 0) is 15.8 Å². The summed E-state index contributed by atoms with van der Waals surface area (Å²) < 4.78 is 29.5. The highest BCUT2D eigenvalue weighted by molar-refractivity contribution is 7.88. The molecule has 0 saturated carbocycles. The molecule has 0 radical (unpaired) electrons. The monoisotopic (exact) mass is 248 g/mol. The van der Waals surface area contributed by atoms with Gasteiger partial charge >= 0.3 is 0 Å². The van der Waals surface area contributed by atoms with Crippen molar-refractivity contribution in [3.8, 4) is 0 Å². The second-order valence-electron chi connectivity index (χ2n) is 3.81. The second-order valence-corrected chi connectivity index (χ2v) is 5.89. The lowest BCUT2D eigenvalue weighted by Crippen LogP contribution is -2.34. The van der Waals surface area contributed by atoms with Crippen LogP contribution in [0.1, 0.15) is 18.4 Å². The van der Waals surface area contributed by atoms with Gasteiger partial charge in [-0.3, -0.25) is 0 Å². The fourth-order valence-electron chi connectivity index (χ4n) is 1.27. The third-order valence-corrected chi connectivity index (χ3v) is 3.76. The Morgan fingerprint density at radius 3 is 2.69 bits per heavy atom. The quantitative estimate of drug-likeness (QED) is 0.800. The van der Waals surface area contributed by atoms with E-state index in [9.17, 15) is 8.42 Å². The molecule has 1 rings (SSSR count). The van der Waals surface area contributed by atoms with Gasteiger partial charge in [-0.15, -0.1) is 0 Å². The van der Waals surface area contributed by atoms with E-state index in [-0.39, 0.29) is 12.3 Å². The number of aryl methyl sites for hydroxylation is 1. The Balaban J connectivity index is 2.71. The molecule has 1 atom stereocenters. The van der Waals surface area contributed by atoms with Gasteiger partial charge in [0.15, 0.2) is 0 Å². The topological polar surface area (TPSA) is 83.6 Å². The molecule has 0 fully saturated rings. The summed E-state index contributed by atoms with van der Waals surface area (Å²) in [4.78, 5) is 0. The predicted octanol–water partition coefficient (Wildman–Crippen LogP) is 0.125. The normalized spacial score (nSPS) is 14.3. The van der Waals surface area contributed by atoms with Gasteiger partial charge < -0.3 is 9.63 Å². The van der Waals surface area contributed by atoms with Crippen LogP contribution in [0.25, 0.3) is 0 Å². The van der Waals surface area contributed by atoms with E-state index in [0.717, 1.165) is 4.31 Å². The van der Waals surface area contributed by atoms with E-state index in [1.54, 1.807) is 13.0 Å². The molecule has 6 nitrogen and oxygen atoms in total. The van der Waals surface area contributed by atoms with Gasteiger partial charge in [0, 0.05) is 19.7 Å². The maximum absolute atomic E-state index is 11.8. The molecule has 0 spiro atoms. The lowest BCUT2D eigenvalue weighted by Gasteiger charge is -2.17. The summed E-state index contributed by atoms with van der Waals surface area (Å²) in [5.74, 6) is 0.358. The van der Waals surface area contributed by atoms with Gasteiger partial charge in [-0.25, -0.2) is 12.7 Å². The van der Waals surface area contributed by atoms with Gasteiger partial charge in [0.1, 0.15) is 17.2 Å². The summed E-state index contributed by atoms with van der Waals surface area (Å²) in [6.45, 7) is 3.30. The van der Waals surface area contributed by atoms with E-state index in [0.29, 0.717) is 11.5 Å². The van der Waals surface area contributed by atoms with Crippen LogP contribution in [0.2, 0.25) is 0 Å². The van der Waals surface area contributed by atoms with Crippen molar-refractivity contribution in [1.29, 1.82) is 0 Å². The Hall–Kier alpha value is -0.920. The number of aromatic nitrogens is 1. The van der Waals surface area contributed by atoms with Crippen molar-refractivity contribution in [2.45, 2.75) is 25.7 Å². The minimum Gasteiger partial charge on any atom is -0.392 e. The number of sulfonamides is 1. The molecule has 0 aliphatic carbocycles. The summed E-state index contributed by atoms with van der Waals surface area (Å²) in [5, 5.41) is 12.7. The Morgan fingerprint density at radius 1 is 1.62 bits per heavy atom. The number of aliphatic hydroxyl groups is 1. The minimum atomic E-state index is -3.44. The standard InChI is InChI=1S/C9H16N2O4S/c1-7(12)5-11(3)16(13,14)6-9-4-8(2)15-10-9/h4,7,12H,5-6H2,1-3H3. The average Bonchev–Trinajstić information content (AvgIpc) is 2.49. The van der Waals surface area contributed by atoms with Crippen LogP contribution in [0.5, 0.6) is 0 Å². The molecule has 0 saturated heterocycles. The first kappa shape index (κ1) is 13.1. The van der Waals surface area contributed by atoms with Crippen molar-refractivity contribution in [2.75, 3.05) is 13.6 Å². The van der Waals surface area contributed by atoms with Crippen LogP contribution in [0.4, 0.5) is 0 Å². The van der Waals surface area contributed by atoms with Crippen molar-refractivity contribution in [2.24, 2.45) is 0 Å². The van der Waals surface area contributed by atoms with Gasteiger partial charge in [0.05, 0.1) is 6.10 Å². The highest BCUT2D eigenvalue weighted by Gasteiger charge is 2.21. The fraction of sp³-hybridized carbons (Fsp3) is 0.667. The molecule has 1 aromatic rings. The number of rotatable bonds is 5. The average molecular weight is 248 g/mol. The first-order valence-electron chi connectivity index (χ1n) is 4.85. The Labute approximate surface area is 94.9 Å². The van der Waals surface area contributed by atoms with Crippen molar-refractivity contribution in [3.05, 3.63) is 17.5 Å². The smallest absolute Gasteiger partial charge is 0.219 e. The Morgan fingerprint density at radius 2 is 2.25 bits per heavy atom. The predicted molar refractivity (Wildman–Crippen MR) is 58.2 cm³/mol. The number of likely N-dealkylation sites (N-methyl/N-ethyl adjacent to an activating group) is 1. The number of hydrogen-bond acceptors (Lipinski definition) is 5. The molecule has 1 N–H and O–H groups in total. The number of nitrogens with zero attached hydrogens (tertiary/aromatic N) is 2. The molecule has 0 aliphatic rings. The van der Waals surface area contributed by atoms with E-state index in [2.05, 4.69) is 5.16 Å². The van der Waals surface area contributed by atoms with Crippen LogP contribution < -0.4 is 0 Å². The zero-order valence-electron chi connectivity index (χ0n) is 9.54. The minimum absolute atomic E-state index is 0.0686. The molecule has 1 aromatic heterocycles. The van der Waals surface area contributed by atoms with E-state index in [1.807, 2.05) is 0 Å². The summed E-state index contributed by atoms with van der Waals surface area (Å²) in [5.41, 5.74) is 0.370. The molecule has 16 heavy (non-hydrogen) atoms. The highest BCUT2D eigenvalue weighted by atomic mass is 32.2. The molecule has 1 unspecified atom stereocenters. The van der Waals surface area contributed by atoms with Crippen molar-refractivity contribution >= 4 is 10.0 Å². The zero-order valence-corrected chi connectivity index (χ0v) is 10.4. The summed E-state index contributed by atoms with van der Waals surface area (Å²) in [7, 11) is -2.02. The molecular weight excluding hydrogens is 232 g/mol. The molecule has 7 heteroatoms. The summed E-state index contributed by atoms with van der Waals surface area (Å²) >= 11 is 0. The van der Waals surface area contributed by atoms with E-state index < -0.39 is 16.1 Å². The fourth-order valence-corrected chi connectivity index (χ4v) is 2.44. The molecule has 0 amide bonds. The van der Waals surface area contributed by atoms with Crippen LogP contribution in [-0.4, -0.2) is 42.7 Å². The Kier molecular flexibility index (Phi) is 4.06. The first-order chi connectivity index (χ1) is 7.31. The van der Waals surface area contributed by atoms with Crippen molar-refractivity contribution < 1.29 is 18.0 Å². The first-order valence-corrected chi connectivity index (χ1v) is 6.46. The summed E-state index contributed by atoms with van der Waals surface area (Å²) in [6.07, 6.45) is -0.696. The largest absolute Gasteiger partial charge is 0.392 e. The summed E-state index contributed by atoms with van der Waals surface area (Å²) in [6, 6.07) is 1.58.